The molecule has 4 heterocycles. The third kappa shape index (κ3) is 4.48. The van der Waals surface area contributed by atoms with Gasteiger partial charge in [0.15, 0.2) is 5.69 Å². The average molecular weight is 397 g/mol. The summed E-state index contributed by atoms with van der Waals surface area (Å²) in [5, 5.41) is 11.6. The van der Waals surface area contributed by atoms with E-state index in [1.54, 1.807) is 22.9 Å². The fourth-order valence-corrected chi connectivity index (χ4v) is 3.60. The van der Waals surface area contributed by atoms with Crippen LogP contribution in [0.1, 0.15) is 40.7 Å². The summed E-state index contributed by atoms with van der Waals surface area (Å²) in [5.74, 6) is 1.83. The van der Waals surface area contributed by atoms with Crippen molar-refractivity contribution in [2.45, 2.75) is 39.0 Å². The minimum absolute atomic E-state index is 0. The van der Waals surface area contributed by atoms with E-state index in [0.29, 0.717) is 43.6 Å². The van der Waals surface area contributed by atoms with Gasteiger partial charge in [0, 0.05) is 26.6 Å². The zero-order valence-electron chi connectivity index (χ0n) is 15.4. The van der Waals surface area contributed by atoms with Crippen LogP contribution in [0.3, 0.4) is 0 Å². The molecule has 0 aliphatic carbocycles. The Hall–Kier alpha value is -1.97. The molecule has 9 nitrogen and oxygen atoms in total. The summed E-state index contributed by atoms with van der Waals surface area (Å²) in [7, 11) is 1.60. The third-order valence-corrected chi connectivity index (χ3v) is 4.93. The molecule has 2 aliphatic heterocycles. The van der Waals surface area contributed by atoms with Crippen LogP contribution in [0, 0.1) is 5.92 Å². The minimum Gasteiger partial charge on any atom is -0.443 e. The number of halogens is 1. The minimum atomic E-state index is -0.111. The molecule has 2 aliphatic rings. The van der Waals surface area contributed by atoms with Gasteiger partial charge in [-0.15, -0.1) is 17.5 Å². The third-order valence-electron chi connectivity index (χ3n) is 4.93. The fraction of sp³-hybridized carbons (Fsp3) is 0.647. The fourth-order valence-electron chi connectivity index (χ4n) is 3.60. The summed E-state index contributed by atoms with van der Waals surface area (Å²) in [4.78, 5) is 18.9. The van der Waals surface area contributed by atoms with Gasteiger partial charge >= 0.3 is 0 Å². The first-order valence-electron chi connectivity index (χ1n) is 9.09. The monoisotopic (exact) mass is 396 g/mol. The molecule has 0 bridgehead atoms. The van der Waals surface area contributed by atoms with Crippen LogP contribution >= 0.6 is 12.4 Å². The van der Waals surface area contributed by atoms with Crippen LogP contribution in [0.25, 0.3) is 0 Å². The van der Waals surface area contributed by atoms with E-state index >= 15 is 0 Å². The van der Waals surface area contributed by atoms with Gasteiger partial charge in [0.05, 0.1) is 12.7 Å². The summed E-state index contributed by atoms with van der Waals surface area (Å²) in [5.41, 5.74) is 1.19. The molecular formula is C17H25ClN6O3. The predicted octanol–water partition coefficient (Wildman–Crippen LogP) is 1.03. The molecular weight excluding hydrogens is 372 g/mol. The maximum atomic E-state index is 12.8. The summed E-state index contributed by atoms with van der Waals surface area (Å²) >= 11 is 0. The van der Waals surface area contributed by atoms with E-state index in [2.05, 4.69) is 20.6 Å². The number of carbonyl (C=O) groups is 1. The van der Waals surface area contributed by atoms with Crippen LogP contribution < -0.4 is 5.32 Å². The second-order valence-corrected chi connectivity index (χ2v) is 6.93. The number of rotatable bonds is 5. The molecule has 2 aromatic heterocycles. The van der Waals surface area contributed by atoms with Gasteiger partial charge in [-0.25, -0.2) is 4.98 Å². The maximum Gasteiger partial charge on any atom is 0.276 e. The zero-order chi connectivity index (χ0) is 17.9. The van der Waals surface area contributed by atoms with Gasteiger partial charge < -0.3 is 19.4 Å². The number of ether oxygens (including phenoxy) is 1. The number of amides is 1. The van der Waals surface area contributed by atoms with Gasteiger partial charge in [-0.05, 0) is 31.8 Å². The van der Waals surface area contributed by atoms with Crippen LogP contribution in [0.2, 0.25) is 0 Å². The molecule has 4 rings (SSSR count). The number of oxazole rings is 1. The molecule has 1 fully saturated rings. The molecule has 0 saturated carbocycles. The second-order valence-electron chi connectivity index (χ2n) is 6.93. The normalized spacial score (nSPS) is 19.4. The average Bonchev–Trinajstić information content (AvgIpc) is 3.28. The summed E-state index contributed by atoms with van der Waals surface area (Å²) in [6.07, 6.45) is 4.77. The van der Waals surface area contributed by atoms with Gasteiger partial charge in [-0.1, -0.05) is 5.21 Å². The molecule has 1 unspecified atom stereocenters. The molecule has 0 spiro atoms. The number of nitrogens with one attached hydrogen (secondary N) is 1. The van der Waals surface area contributed by atoms with E-state index < -0.39 is 0 Å². The number of hydrogen-bond donors (Lipinski definition) is 1. The zero-order valence-corrected chi connectivity index (χ0v) is 16.2. The first-order valence-corrected chi connectivity index (χ1v) is 9.09. The van der Waals surface area contributed by atoms with Crippen molar-refractivity contribution in [2.75, 3.05) is 26.7 Å². The second kappa shape index (κ2) is 8.81. The Morgan fingerprint density at radius 1 is 1.48 bits per heavy atom. The van der Waals surface area contributed by atoms with Crippen molar-refractivity contribution in [3.8, 4) is 0 Å². The first kappa shape index (κ1) is 19.8. The quantitative estimate of drug-likeness (QED) is 0.805. The summed E-state index contributed by atoms with van der Waals surface area (Å²) in [6.45, 7) is 4.23. The molecule has 10 heteroatoms. The lowest BCUT2D eigenvalue weighted by Gasteiger charge is -2.24. The largest absolute Gasteiger partial charge is 0.443 e. The number of aromatic nitrogens is 4. The molecule has 0 radical (unpaired) electrons. The Balaban J connectivity index is 0.00000210. The Morgan fingerprint density at radius 2 is 2.37 bits per heavy atom. The molecule has 1 saturated heterocycles. The summed E-state index contributed by atoms with van der Waals surface area (Å²) in [6, 6.07) is 0. The molecule has 1 N–H and O–H groups in total. The van der Waals surface area contributed by atoms with Crippen molar-refractivity contribution in [1.29, 1.82) is 0 Å². The maximum absolute atomic E-state index is 12.8. The van der Waals surface area contributed by atoms with Crippen LogP contribution in [0.15, 0.2) is 10.6 Å². The van der Waals surface area contributed by atoms with Gasteiger partial charge in [0.25, 0.3) is 5.91 Å². The van der Waals surface area contributed by atoms with E-state index in [-0.39, 0.29) is 18.3 Å². The molecule has 2 aromatic rings. The lowest BCUT2D eigenvalue weighted by Crippen LogP contribution is -2.36. The van der Waals surface area contributed by atoms with Crippen LogP contribution in [0.4, 0.5) is 0 Å². The molecule has 148 valence electrons. The van der Waals surface area contributed by atoms with Gasteiger partial charge in [-0.3, -0.25) is 9.48 Å². The van der Waals surface area contributed by atoms with Gasteiger partial charge in [0.2, 0.25) is 5.89 Å². The van der Waals surface area contributed by atoms with Crippen molar-refractivity contribution < 1.29 is 13.9 Å². The van der Waals surface area contributed by atoms with Crippen LogP contribution in [-0.4, -0.2) is 57.5 Å². The number of methoxy groups -OCH3 is 1. The van der Waals surface area contributed by atoms with Gasteiger partial charge in [-0.2, -0.15) is 0 Å². The lowest BCUT2D eigenvalue weighted by atomic mass is 10.00. The Kier molecular flexibility index (Phi) is 6.46. The highest BCUT2D eigenvalue weighted by atomic mass is 35.5. The number of carbonyl (C=O) groups excluding carboxylic acids is 1. The Labute approximate surface area is 163 Å². The van der Waals surface area contributed by atoms with Crippen molar-refractivity contribution in [3.05, 3.63) is 29.2 Å². The van der Waals surface area contributed by atoms with E-state index in [1.165, 1.54) is 12.8 Å². The lowest BCUT2D eigenvalue weighted by molar-refractivity contribution is 0.0721. The van der Waals surface area contributed by atoms with Crippen molar-refractivity contribution >= 4 is 18.3 Å². The van der Waals surface area contributed by atoms with Crippen molar-refractivity contribution in [2.24, 2.45) is 5.92 Å². The Morgan fingerprint density at radius 3 is 3.15 bits per heavy atom. The van der Waals surface area contributed by atoms with E-state index in [9.17, 15) is 4.79 Å². The van der Waals surface area contributed by atoms with E-state index in [0.717, 1.165) is 31.1 Å². The highest BCUT2D eigenvalue weighted by Crippen LogP contribution is 2.21. The first-order chi connectivity index (χ1) is 12.7. The highest BCUT2D eigenvalue weighted by Gasteiger charge is 2.27. The standard InChI is InChI=1S/C17H24N6O3.ClH/c1-25-11-16-19-13-9-22(6-4-15(13)26-16)17(24)14-10-23(21-20-14)8-12-3-2-5-18-7-12;/h10,12,18H,2-9,11H2,1H3;1H. The topological polar surface area (TPSA) is 98.3 Å². The number of piperidine rings is 1. The number of fused-ring (bicyclic) bond motifs is 1. The number of nitrogens with zero attached hydrogens (tertiary/aromatic N) is 5. The number of hydrogen-bond acceptors (Lipinski definition) is 7. The highest BCUT2D eigenvalue weighted by molar-refractivity contribution is 5.92. The van der Waals surface area contributed by atoms with Crippen LogP contribution in [-0.2, 0) is 30.9 Å². The van der Waals surface area contributed by atoms with Crippen LogP contribution in [0.5, 0.6) is 0 Å². The Bertz CT molecular complexity index is 771. The van der Waals surface area contributed by atoms with Gasteiger partial charge in [0.1, 0.15) is 18.1 Å². The van der Waals surface area contributed by atoms with Crippen molar-refractivity contribution in [3.63, 3.8) is 0 Å². The molecule has 1 amide bonds. The smallest absolute Gasteiger partial charge is 0.276 e. The molecule has 27 heavy (non-hydrogen) atoms. The van der Waals surface area contributed by atoms with Crippen molar-refractivity contribution in [1.82, 2.24) is 30.2 Å². The SMILES string of the molecule is COCc1nc2c(o1)CCN(C(=O)c1cn(CC3CCCNC3)nn1)C2.Cl. The molecule has 0 aromatic carbocycles. The van der Waals surface area contributed by atoms with E-state index in [4.69, 9.17) is 9.15 Å². The summed E-state index contributed by atoms with van der Waals surface area (Å²) < 4.78 is 12.5. The predicted molar refractivity (Wildman–Crippen MR) is 98.5 cm³/mol. The van der Waals surface area contributed by atoms with E-state index in [1.807, 2.05) is 0 Å². The molecule has 1 atom stereocenters.